The van der Waals surface area contributed by atoms with E-state index in [0.29, 0.717) is 13.1 Å². The number of carbonyl (C=O) groups is 1. The van der Waals surface area contributed by atoms with Crippen LogP contribution in [0.25, 0.3) is 0 Å². The summed E-state index contributed by atoms with van der Waals surface area (Å²) in [5.74, 6) is -0.0185. The number of amides is 1. The van der Waals surface area contributed by atoms with Crippen LogP contribution in [0.1, 0.15) is 37.7 Å². The van der Waals surface area contributed by atoms with Gasteiger partial charge in [0.2, 0.25) is 15.9 Å². The molecule has 0 saturated carbocycles. The fourth-order valence-corrected chi connectivity index (χ4v) is 5.26. The second-order valence-electron chi connectivity index (χ2n) is 6.82. The van der Waals surface area contributed by atoms with Crippen molar-refractivity contribution in [3.05, 3.63) is 35.9 Å². The van der Waals surface area contributed by atoms with Crippen LogP contribution in [0.2, 0.25) is 0 Å². The van der Waals surface area contributed by atoms with E-state index in [1.807, 2.05) is 35.2 Å². The second kappa shape index (κ2) is 7.66. The monoisotopic (exact) mass is 350 g/mol. The number of benzene rings is 1. The van der Waals surface area contributed by atoms with Crippen LogP contribution in [0.3, 0.4) is 0 Å². The van der Waals surface area contributed by atoms with Gasteiger partial charge < -0.3 is 4.90 Å². The predicted octanol–water partition coefficient (Wildman–Crippen LogP) is 2.24. The Hall–Kier alpha value is -1.40. The first-order chi connectivity index (χ1) is 11.6. The highest BCUT2D eigenvalue weighted by Gasteiger charge is 2.34. The molecule has 0 N–H and O–H groups in total. The van der Waals surface area contributed by atoms with E-state index in [1.54, 1.807) is 0 Å². The van der Waals surface area contributed by atoms with Gasteiger partial charge in [-0.2, -0.15) is 0 Å². The quantitative estimate of drug-likeness (QED) is 0.837. The van der Waals surface area contributed by atoms with Gasteiger partial charge in [-0.1, -0.05) is 30.3 Å². The first-order valence-corrected chi connectivity index (χ1v) is 10.5. The molecule has 2 aliphatic heterocycles. The van der Waals surface area contributed by atoms with Crippen molar-refractivity contribution in [2.45, 2.75) is 37.9 Å². The third kappa shape index (κ3) is 4.16. The minimum atomic E-state index is -3.37. The maximum absolute atomic E-state index is 12.7. The van der Waals surface area contributed by atoms with Crippen molar-refractivity contribution in [2.75, 3.05) is 26.2 Å². The summed E-state index contributed by atoms with van der Waals surface area (Å²) in [4.78, 5) is 14.6. The number of piperidine rings is 2. The van der Waals surface area contributed by atoms with Crippen molar-refractivity contribution >= 4 is 15.9 Å². The fraction of sp³-hybridized carbons (Fsp3) is 0.611. The van der Waals surface area contributed by atoms with Gasteiger partial charge in [-0.3, -0.25) is 4.79 Å². The average molecular weight is 350 g/mol. The molecule has 2 saturated heterocycles. The summed E-state index contributed by atoms with van der Waals surface area (Å²) in [7, 11) is -3.37. The van der Waals surface area contributed by atoms with E-state index in [9.17, 15) is 13.2 Å². The van der Waals surface area contributed by atoms with E-state index in [0.717, 1.165) is 44.3 Å². The Morgan fingerprint density at radius 1 is 1.00 bits per heavy atom. The molecular formula is C18H26N2O3S. The lowest BCUT2D eigenvalue weighted by molar-refractivity contribution is -0.137. The molecule has 0 spiro atoms. The molecule has 24 heavy (non-hydrogen) atoms. The number of carbonyl (C=O) groups excluding carboxylic acids is 1. The molecule has 1 amide bonds. The summed E-state index contributed by atoms with van der Waals surface area (Å²) >= 11 is 0. The maximum Gasteiger partial charge on any atom is 0.227 e. The van der Waals surface area contributed by atoms with Crippen molar-refractivity contribution in [1.82, 2.24) is 9.21 Å². The number of likely N-dealkylation sites (tertiary alicyclic amines) is 1. The third-order valence-electron chi connectivity index (χ3n) is 4.99. The highest BCUT2D eigenvalue weighted by Crippen LogP contribution is 2.24. The van der Waals surface area contributed by atoms with Gasteiger partial charge in [-0.05, 0) is 37.7 Å². The average Bonchev–Trinajstić information content (AvgIpc) is 2.62. The molecule has 0 bridgehead atoms. The Balaban J connectivity index is 1.65. The van der Waals surface area contributed by atoms with Crippen molar-refractivity contribution < 1.29 is 13.2 Å². The van der Waals surface area contributed by atoms with E-state index in [2.05, 4.69) is 0 Å². The summed E-state index contributed by atoms with van der Waals surface area (Å²) in [6.45, 7) is 2.52. The van der Waals surface area contributed by atoms with E-state index in [-0.39, 0.29) is 17.6 Å². The van der Waals surface area contributed by atoms with Crippen LogP contribution in [-0.2, 0) is 20.6 Å². The maximum atomic E-state index is 12.7. The highest BCUT2D eigenvalue weighted by molar-refractivity contribution is 7.88. The Labute approximate surface area is 144 Å². The zero-order valence-corrected chi connectivity index (χ0v) is 14.9. The molecule has 2 fully saturated rings. The molecule has 1 aromatic carbocycles. The number of sulfonamides is 1. The molecule has 132 valence electrons. The van der Waals surface area contributed by atoms with Gasteiger partial charge in [-0.15, -0.1) is 0 Å². The normalized spacial score (nSPS) is 23.2. The van der Waals surface area contributed by atoms with Crippen LogP contribution >= 0.6 is 0 Å². The number of hydrogen-bond acceptors (Lipinski definition) is 3. The van der Waals surface area contributed by atoms with Gasteiger partial charge in [0.25, 0.3) is 0 Å². The molecule has 0 aliphatic carbocycles. The topological polar surface area (TPSA) is 57.7 Å². The van der Waals surface area contributed by atoms with Gasteiger partial charge in [0.1, 0.15) is 0 Å². The molecule has 1 atom stereocenters. The summed E-state index contributed by atoms with van der Waals surface area (Å²) < 4.78 is 26.9. The van der Waals surface area contributed by atoms with E-state index in [1.165, 1.54) is 10.7 Å². The smallest absolute Gasteiger partial charge is 0.227 e. The molecule has 0 radical (unpaired) electrons. The van der Waals surface area contributed by atoms with Gasteiger partial charge in [0.15, 0.2) is 0 Å². The molecule has 6 heteroatoms. The minimum Gasteiger partial charge on any atom is -0.342 e. The van der Waals surface area contributed by atoms with Gasteiger partial charge >= 0.3 is 0 Å². The molecule has 2 aliphatic rings. The van der Waals surface area contributed by atoms with Crippen LogP contribution in [0.15, 0.2) is 30.3 Å². The highest BCUT2D eigenvalue weighted by atomic mass is 32.2. The lowest BCUT2D eigenvalue weighted by Crippen LogP contribution is -2.48. The van der Waals surface area contributed by atoms with Crippen molar-refractivity contribution in [3.63, 3.8) is 0 Å². The lowest BCUT2D eigenvalue weighted by Gasteiger charge is -2.35. The second-order valence-corrected chi connectivity index (χ2v) is 8.79. The van der Waals surface area contributed by atoms with Crippen LogP contribution in [0.5, 0.6) is 0 Å². The molecule has 1 aromatic rings. The largest absolute Gasteiger partial charge is 0.342 e. The van der Waals surface area contributed by atoms with Crippen LogP contribution in [0.4, 0.5) is 0 Å². The molecule has 3 rings (SSSR count). The van der Waals surface area contributed by atoms with Crippen LogP contribution in [0, 0.1) is 5.92 Å². The number of rotatable bonds is 4. The predicted molar refractivity (Wildman–Crippen MR) is 93.8 cm³/mol. The van der Waals surface area contributed by atoms with Crippen molar-refractivity contribution in [1.29, 1.82) is 0 Å². The molecular weight excluding hydrogens is 324 g/mol. The first kappa shape index (κ1) is 17.4. The Kier molecular flexibility index (Phi) is 5.56. The van der Waals surface area contributed by atoms with Gasteiger partial charge in [-0.25, -0.2) is 12.7 Å². The lowest BCUT2D eigenvalue weighted by atomic mass is 9.97. The zero-order valence-electron chi connectivity index (χ0n) is 14.1. The van der Waals surface area contributed by atoms with Gasteiger partial charge in [0, 0.05) is 26.2 Å². The third-order valence-corrected chi connectivity index (χ3v) is 6.80. The summed E-state index contributed by atoms with van der Waals surface area (Å²) in [6, 6.07) is 9.24. The minimum absolute atomic E-state index is 0.0124. The molecule has 0 unspecified atom stereocenters. The van der Waals surface area contributed by atoms with Crippen molar-refractivity contribution in [3.8, 4) is 0 Å². The summed E-state index contributed by atoms with van der Waals surface area (Å²) in [6.07, 6.45) is 4.87. The standard InChI is InChI=1S/C18H26N2O3S/c21-18(19-11-5-2-6-12-19)17-10-7-13-20(14-17)24(22,23)15-16-8-3-1-4-9-16/h1,3-4,8-9,17H,2,5-7,10-15H2/t17-/m0/s1. The van der Waals surface area contributed by atoms with Crippen molar-refractivity contribution in [2.24, 2.45) is 5.92 Å². The van der Waals surface area contributed by atoms with E-state index in [4.69, 9.17) is 0 Å². The van der Waals surface area contributed by atoms with Crippen LogP contribution in [-0.4, -0.2) is 49.7 Å². The Bertz CT molecular complexity index is 654. The van der Waals surface area contributed by atoms with Crippen LogP contribution < -0.4 is 0 Å². The fourth-order valence-electron chi connectivity index (χ4n) is 3.65. The molecule has 2 heterocycles. The van der Waals surface area contributed by atoms with E-state index >= 15 is 0 Å². The van der Waals surface area contributed by atoms with E-state index < -0.39 is 10.0 Å². The molecule has 0 aromatic heterocycles. The molecule has 5 nitrogen and oxygen atoms in total. The van der Waals surface area contributed by atoms with Gasteiger partial charge in [0.05, 0.1) is 11.7 Å². The number of nitrogens with zero attached hydrogens (tertiary/aromatic N) is 2. The Morgan fingerprint density at radius 2 is 1.71 bits per heavy atom. The summed E-state index contributed by atoms with van der Waals surface area (Å²) in [5, 5.41) is 0. The SMILES string of the molecule is O=C([C@H]1CCCN(S(=O)(=O)Cc2ccccc2)C1)N1CCCCC1. The first-order valence-electron chi connectivity index (χ1n) is 8.87. The Morgan fingerprint density at radius 3 is 2.42 bits per heavy atom. The summed E-state index contributed by atoms with van der Waals surface area (Å²) in [5.41, 5.74) is 0.794. The number of hydrogen-bond donors (Lipinski definition) is 0. The zero-order chi connectivity index (χ0) is 17.0.